The van der Waals surface area contributed by atoms with Crippen molar-refractivity contribution < 1.29 is 4.42 Å². The molecule has 0 saturated heterocycles. The van der Waals surface area contributed by atoms with Crippen LogP contribution in [0.15, 0.2) is 10.5 Å². The molecule has 5 nitrogen and oxygen atoms in total. The van der Waals surface area contributed by atoms with E-state index in [1.54, 1.807) is 0 Å². The molecule has 0 saturated carbocycles. The van der Waals surface area contributed by atoms with E-state index in [-0.39, 0.29) is 6.04 Å². The molecule has 2 heterocycles. The third kappa shape index (κ3) is 2.16. The lowest BCUT2D eigenvalue weighted by Gasteiger charge is -2.10. The zero-order chi connectivity index (χ0) is 11.7. The van der Waals surface area contributed by atoms with Gasteiger partial charge in [0.25, 0.3) is 0 Å². The highest BCUT2D eigenvalue weighted by molar-refractivity contribution is 7.09. The number of furan rings is 1. The van der Waals surface area contributed by atoms with Crippen LogP contribution in [0.25, 0.3) is 0 Å². The quantitative estimate of drug-likeness (QED) is 0.859. The average Bonchev–Trinajstić information content (AvgIpc) is 2.73. The molecule has 0 radical (unpaired) electrons. The molecule has 2 aromatic rings. The predicted octanol–water partition coefficient (Wildman–Crippen LogP) is 2.50. The molecule has 0 spiro atoms. The lowest BCUT2D eigenvalue weighted by atomic mass is 10.1. The first-order valence-electron chi connectivity index (χ1n) is 4.99. The van der Waals surface area contributed by atoms with Crippen LogP contribution in [0.2, 0.25) is 0 Å². The first-order valence-corrected chi connectivity index (χ1v) is 5.76. The van der Waals surface area contributed by atoms with Crippen LogP contribution >= 0.6 is 11.5 Å². The molecule has 16 heavy (non-hydrogen) atoms. The lowest BCUT2D eigenvalue weighted by molar-refractivity contribution is 0.500. The number of rotatable bonds is 3. The van der Waals surface area contributed by atoms with Gasteiger partial charge in [-0.15, -0.1) is 0 Å². The molecule has 2 rings (SSSR count). The smallest absolute Gasteiger partial charge is 0.233 e. The summed E-state index contributed by atoms with van der Waals surface area (Å²) in [6, 6.07) is 2.15. The Hall–Kier alpha value is -1.56. The average molecular weight is 238 g/mol. The molecule has 3 N–H and O–H groups in total. The van der Waals surface area contributed by atoms with Crippen molar-refractivity contribution in [2.24, 2.45) is 0 Å². The highest BCUT2D eigenvalue weighted by Gasteiger charge is 2.13. The number of hydrogen-bond acceptors (Lipinski definition) is 6. The van der Waals surface area contributed by atoms with E-state index < -0.39 is 0 Å². The second-order valence-electron chi connectivity index (χ2n) is 3.69. The Morgan fingerprint density at radius 3 is 2.75 bits per heavy atom. The van der Waals surface area contributed by atoms with Gasteiger partial charge in [-0.05, 0) is 26.8 Å². The topological polar surface area (TPSA) is 77.0 Å². The van der Waals surface area contributed by atoms with Crippen molar-refractivity contribution in [2.75, 3.05) is 11.1 Å². The van der Waals surface area contributed by atoms with Crippen LogP contribution in [0.3, 0.4) is 0 Å². The van der Waals surface area contributed by atoms with Crippen molar-refractivity contribution in [3.63, 3.8) is 0 Å². The molecule has 0 fully saturated rings. The number of nitrogens with zero attached hydrogens (tertiary/aromatic N) is 2. The van der Waals surface area contributed by atoms with Crippen LogP contribution in [-0.2, 0) is 0 Å². The van der Waals surface area contributed by atoms with Gasteiger partial charge in [0.2, 0.25) is 11.1 Å². The third-order valence-corrected chi connectivity index (χ3v) is 2.99. The van der Waals surface area contributed by atoms with Crippen LogP contribution in [-0.4, -0.2) is 9.36 Å². The van der Waals surface area contributed by atoms with E-state index >= 15 is 0 Å². The van der Waals surface area contributed by atoms with E-state index in [0.717, 1.165) is 22.2 Å². The highest BCUT2D eigenvalue weighted by Crippen LogP contribution is 2.25. The highest BCUT2D eigenvalue weighted by atomic mass is 32.1. The summed E-state index contributed by atoms with van der Waals surface area (Å²) in [6.45, 7) is 5.94. The normalized spacial score (nSPS) is 12.7. The Balaban J connectivity index is 2.14. The van der Waals surface area contributed by atoms with Gasteiger partial charge in [0, 0.05) is 17.1 Å². The molecule has 0 aliphatic rings. The summed E-state index contributed by atoms with van der Waals surface area (Å²) < 4.78 is 9.39. The summed E-state index contributed by atoms with van der Waals surface area (Å²) in [5.41, 5.74) is 6.59. The number of nitrogen functional groups attached to an aromatic ring is 1. The summed E-state index contributed by atoms with van der Waals surface area (Å²) in [5.74, 6) is 2.15. The van der Waals surface area contributed by atoms with Gasteiger partial charge in [0.15, 0.2) is 0 Å². The van der Waals surface area contributed by atoms with E-state index in [4.69, 9.17) is 10.2 Å². The minimum atomic E-state index is 0.129. The van der Waals surface area contributed by atoms with Crippen molar-refractivity contribution >= 4 is 22.6 Å². The lowest BCUT2D eigenvalue weighted by Crippen LogP contribution is -2.06. The summed E-state index contributed by atoms with van der Waals surface area (Å²) in [7, 11) is 0. The van der Waals surface area contributed by atoms with Crippen LogP contribution in [0.5, 0.6) is 0 Å². The summed E-state index contributed by atoms with van der Waals surface area (Å²) in [5, 5.41) is 3.96. The minimum absolute atomic E-state index is 0.129. The first-order chi connectivity index (χ1) is 7.56. The Morgan fingerprint density at radius 1 is 1.50 bits per heavy atom. The number of aromatic nitrogens is 2. The predicted molar refractivity (Wildman–Crippen MR) is 64.5 cm³/mol. The summed E-state index contributed by atoms with van der Waals surface area (Å²) >= 11 is 1.26. The number of aryl methyl sites for hydroxylation is 2. The fraction of sp³-hybridized carbons (Fsp3) is 0.400. The van der Waals surface area contributed by atoms with Gasteiger partial charge < -0.3 is 15.5 Å². The van der Waals surface area contributed by atoms with Crippen LogP contribution in [0, 0.1) is 13.8 Å². The second-order valence-corrected chi connectivity index (χ2v) is 4.44. The van der Waals surface area contributed by atoms with Gasteiger partial charge >= 0.3 is 0 Å². The SMILES string of the molecule is Cc1cc(C(C)Nc2nc(N)ns2)c(C)o1. The van der Waals surface area contributed by atoms with Crippen molar-refractivity contribution in [1.82, 2.24) is 9.36 Å². The second kappa shape index (κ2) is 4.13. The monoisotopic (exact) mass is 238 g/mol. The molecule has 0 aliphatic heterocycles. The molecule has 1 unspecified atom stereocenters. The van der Waals surface area contributed by atoms with Crippen molar-refractivity contribution in [2.45, 2.75) is 26.8 Å². The largest absolute Gasteiger partial charge is 0.466 e. The Labute approximate surface area is 97.9 Å². The number of nitrogens with two attached hydrogens (primary N) is 1. The van der Waals surface area contributed by atoms with Gasteiger partial charge in [-0.25, -0.2) is 0 Å². The zero-order valence-electron chi connectivity index (χ0n) is 9.44. The Morgan fingerprint density at radius 2 is 2.25 bits per heavy atom. The van der Waals surface area contributed by atoms with Gasteiger partial charge in [-0.2, -0.15) is 9.36 Å². The minimum Gasteiger partial charge on any atom is -0.466 e. The molecule has 6 heteroatoms. The van der Waals surface area contributed by atoms with E-state index in [2.05, 4.69) is 21.6 Å². The van der Waals surface area contributed by atoms with Crippen molar-refractivity contribution in [3.8, 4) is 0 Å². The van der Waals surface area contributed by atoms with Crippen LogP contribution in [0.1, 0.15) is 30.0 Å². The van der Waals surface area contributed by atoms with E-state index in [9.17, 15) is 0 Å². The molecule has 0 aromatic carbocycles. The van der Waals surface area contributed by atoms with Crippen LogP contribution in [0.4, 0.5) is 11.1 Å². The first kappa shape index (κ1) is 10.9. The number of hydrogen-bond donors (Lipinski definition) is 2. The van der Waals surface area contributed by atoms with Gasteiger partial charge in [-0.1, -0.05) is 0 Å². The molecule has 0 amide bonds. The van der Waals surface area contributed by atoms with E-state index in [0.29, 0.717) is 5.95 Å². The van der Waals surface area contributed by atoms with E-state index in [1.807, 2.05) is 19.9 Å². The molecule has 0 aliphatic carbocycles. The van der Waals surface area contributed by atoms with Gasteiger partial charge in [0.05, 0.1) is 6.04 Å². The summed E-state index contributed by atoms with van der Waals surface area (Å²) in [6.07, 6.45) is 0. The van der Waals surface area contributed by atoms with Crippen LogP contribution < -0.4 is 11.1 Å². The zero-order valence-corrected chi connectivity index (χ0v) is 10.3. The van der Waals surface area contributed by atoms with Gasteiger partial charge in [0.1, 0.15) is 11.5 Å². The fourth-order valence-corrected chi connectivity index (χ4v) is 2.22. The molecule has 1 atom stereocenters. The maximum atomic E-state index is 5.48. The maximum absolute atomic E-state index is 5.48. The van der Waals surface area contributed by atoms with Gasteiger partial charge in [-0.3, -0.25) is 0 Å². The molecule has 2 aromatic heterocycles. The van der Waals surface area contributed by atoms with Crippen molar-refractivity contribution in [3.05, 3.63) is 23.2 Å². The standard InChI is InChI=1S/C10H14N4OS/c1-5-4-8(7(3)15-5)6(2)12-10-13-9(11)14-16-10/h4,6H,1-3H3,(H3,11,12,13,14). The van der Waals surface area contributed by atoms with E-state index in [1.165, 1.54) is 11.5 Å². The maximum Gasteiger partial charge on any atom is 0.233 e. The molecular formula is C10H14N4OS. The Kier molecular flexibility index (Phi) is 2.82. The fourth-order valence-electron chi connectivity index (χ4n) is 1.64. The molecular weight excluding hydrogens is 224 g/mol. The Bertz CT molecular complexity index is 491. The molecule has 0 bridgehead atoms. The third-order valence-electron chi connectivity index (χ3n) is 2.33. The summed E-state index contributed by atoms with van der Waals surface area (Å²) in [4.78, 5) is 4.06. The number of anilines is 2. The number of nitrogens with one attached hydrogen (secondary N) is 1. The molecule has 86 valence electrons. The van der Waals surface area contributed by atoms with Crippen molar-refractivity contribution in [1.29, 1.82) is 0 Å².